The molecule has 26 heteroatoms. The quantitative estimate of drug-likeness (QED) is 0.0360. The van der Waals surface area contributed by atoms with E-state index in [1.807, 2.05) is 6.07 Å². The Morgan fingerprint density at radius 2 is 1.05 bits per heavy atom. The SMILES string of the molecule is CC(=O)N[C@@H](CCCN=C(N)N)C(=O)NC(C)(C)C(=O)N[C@@H](CCCN=C(N)N)C(=O)N[C@@](C)(Cc1ccccc1)C(N)=O.O=C(O)C(F)(F)F.O=C(O)C(F)(F)F. The molecular weight excluding hydrogens is 796 g/mol. The molecule has 0 saturated carbocycles. The lowest BCUT2D eigenvalue weighted by atomic mass is 9.91. The molecule has 20 nitrogen and oxygen atoms in total. The smallest absolute Gasteiger partial charge is 0.475 e. The van der Waals surface area contributed by atoms with Gasteiger partial charge in [-0.2, -0.15) is 26.3 Å². The minimum atomic E-state index is -5.08. The monoisotopic (exact) mass is 845 g/mol. The minimum Gasteiger partial charge on any atom is -0.475 e. The first-order chi connectivity index (χ1) is 26.3. The number of aliphatic carboxylic acids is 2. The maximum absolute atomic E-state index is 13.5. The van der Waals surface area contributed by atoms with Crippen LogP contribution in [0.2, 0.25) is 0 Å². The van der Waals surface area contributed by atoms with Crippen molar-refractivity contribution in [2.45, 2.75) is 95.3 Å². The summed E-state index contributed by atoms with van der Waals surface area (Å²) in [6.07, 6.45) is -9.09. The van der Waals surface area contributed by atoms with Gasteiger partial charge in [-0.15, -0.1) is 0 Å². The Labute approximate surface area is 327 Å². The van der Waals surface area contributed by atoms with Crippen LogP contribution in [0.5, 0.6) is 0 Å². The van der Waals surface area contributed by atoms with Crippen LogP contribution in [0.1, 0.15) is 58.9 Å². The fraction of sp³-hybridized carbons (Fsp3) is 0.531. The number of nitrogens with two attached hydrogens (primary N) is 5. The summed E-state index contributed by atoms with van der Waals surface area (Å²) in [6, 6.07) is 6.88. The van der Waals surface area contributed by atoms with Crippen molar-refractivity contribution in [3.05, 3.63) is 35.9 Å². The van der Waals surface area contributed by atoms with Gasteiger partial charge in [-0.3, -0.25) is 34.0 Å². The van der Waals surface area contributed by atoms with E-state index in [0.717, 1.165) is 5.56 Å². The summed E-state index contributed by atoms with van der Waals surface area (Å²) in [5.74, 6) is -8.94. The number of carbonyl (C=O) groups is 7. The van der Waals surface area contributed by atoms with Gasteiger partial charge in [0.25, 0.3) is 0 Å². The average molecular weight is 846 g/mol. The van der Waals surface area contributed by atoms with E-state index in [0.29, 0.717) is 12.8 Å². The van der Waals surface area contributed by atoms with Gasteiger partial charge in [0, 0.05) is 26.4 Å². The maximum Gasteiger partial charge on any atom is 0.490 e. The molecule has 0 aliphatic carbocycles. The van der Waals surface area contributed by atoms with E-state index >= 15 is 0 Å². The first-order valence-corrected chi connectivity index (χ1v) is 16.6. The largest absolute Gasteiger partial charge is 0.490 e. The van der Waals surface area contributed by atoms with Crippen LogP contribution in [0.25, 0.3) is 0 Å². The standard InChI is InChI=1S/C28H47N11O5.2C2HF3O2/c1-17(40)36-19(12-8-14-34-25(30)31)21(41)38-27(2,3)24(44)37-20(13-9-15-35-26(32)33)22(42)39-28(4,23(29)43)16-18-10-6-5-7-11-18;2*3-2(4,5)1(6)7/h5-7,10-11,19-20H,8-9,12-16H2,1-4H3,(H2,29,43)(H,36,40)(H,37,44)(H,38,41)(H,39,42)(H4,30,31,34)(H4,32,33,35);2*(H,6,7)/t19-,20-,28-;;/m0../s1. The van der Waals surface area contributed by atoms with Crippen LogP contribution >= 0.6 is 0 Å². The Kier molecular flexibility index (Phi) is 22.5. The number of nitrogens with one attached hydrogen (secondary N) is 4. The van der Waals surface area contributed by atoms with Gasteiger partial charge >= 0.3 is 24.3 Å². The molecule has 0 saturated heterocycles. The molecule has 0 bridgehead atoms. The fourth-order valence-electron chi connectivity index (χ4n) is 4.14. The van der Waals surface area contributed by atoms with Crippen molar-refractivity contribution in [1.29, 1.82) is 0 Å². The predicted octanol–water partition coefficient (Wildman–Crippen LogP) is -1.15. The molecular formula is C32H49F6N11O9. The number of carboxylic acid groups (broad SMARTS) is 2. The van der Waals surface area contributed by atoms with Gasteiger partial charge < -0.3 is 60.1 Å². The molecule has 1 aromatic rings. The molecule has 0 unspecified atom stereocenters. The molecule has 0 aromatic heterocycles. The number of benzene rings is 1. The molecule has 328 valence electrons. The number of amides is 5. The first kappa shape index (κ1) is 53.7. The summed E-state index contributed by atoms with van der Waals surface area (Å²) in [4.78, 5) is 89.8. The molecule has 0 radical (unpaired) electrons. The van der Waals surface area contributed by atoms with Crippen molar-refractivity contribution in [3.8, 4) is 0 Å². The van der Waals surface area contributed by atoms with Crippen molar-refractivity contribution in [2.75, 3.05) is 13.1 Å². The zero-order valence-electron chi connectivity index (χ0n) is 31.8. The molecule has 0 fully saturated rings. The number of rotatable bonds is 18. The van der Waals surface area contributed by atoms with Crippen LogP contribution in [-0.4, -0.2) is 112 Å². The van der Waals surface area contributed by atoms with Crippen molar-refractivity contribution in [2.24, 2.45) is 38.7 Å². The molecule has 0 spiro atoms. The first-order valence-electron chi connectivity index (χ1n) is 16.6. The van der Waals surface area contributed by atoms with Gasteiger partial charge in [0.15, 0.2) is 11.9 Å². The number of aliphatic imine (C=N–C) groups is 2. The second-order valence-electron chi connectivity index (χ2n) is 12.7. The number of guanidine groups is 2. The lowest BCUT2D eigenvalue weighted by Crippen LogP contribution is -2.64. The highest BCUT2D eigenvalue weighted by Gasteiger charge is 2.40. The van der Waals surface area contributed by atoms with Gasteiger partial charge in [-0.05, 0) is 52.0 Å². The van der Waals surface area contributed by atoms with Crippen LogP contribution in [0.3, 0.4) is 0 Å². The number of alkyl halides is 6. The van der Waals surface area contributed by atoms with E-state index in [-0.39, 0.29) is 44.3 Å². The van der Waals surface area contributed by atoms with Crippen molar-refractivity contribution < 1.29 is 70.1 Å². The molecule has 58 heavy (non-hydrogen) atoms. The second kappa shape index (κ2) is 24.3. The third-order valence-corrected chi connectivity index (χ3v) is 7.04. The molecule has 0 aliphatic heterocycles. The number of carboxylic acids is 2. The zero-order chi connectivity index (χ0) is 45.7. The lowest BCUT2D eigenvalue weighted by Gasteiger charge is -2.32. The molecule has 0 heterocycles. The summed E-state index contributed by atoms with van der Waals surface area (Å²) in [6.45, 7) is 6.07. The highest BCUT2D eigenvalue weighted by Crippen LogP contribution is 2.16. The van der Waals surface area contributed by atoms with Gasteiger partial charge in [-0.1, -0.05) is 30.3 Å². The van der Waals surface area contributed by atoms with Gasteiger partial charge in [-0.25, -0.2) is 9.59 Å². The molecule has 1 aromatic carbocycles. The van der Waals surface area contributed by atoms with Crippen LogP contribution in [0.4, 0.5) is 26.3 Å². The second-order valence-corrected chi connectivity index (χ2v) is 12.7. The number of primary amides is 1. The minimum absolute atomic E-state index is 0.0951. The Hall–Kier alpha value is -6.37. The third-order valence-electron chi connectivity index (χ3n) is 7.04. The number of hydrogen-bond donors (Lipinski definition) is 11. The van der Waals surface area contributed by atoms with Gasteiger partial charge in [0.05, 0.1) is 0 Å². The Morgan fingerprint density at radius 1 is 0.672 bits per heavy atom. The molecule has 1 rings (SSSR count). The number of carbonyl (C=O) groups excluding carboxylic acids is 5. The zero-order valence-corrected chi connectivity index (χ0v) is 31.8. The Morgan fingerprint density at radius 3 is 1.40 bits per heavy atom. The maximum atomic E-state index is 13.5. The van der Waals surface area contributed by atoms with E-state index in [1.165, 1.54) is 27.7 Å². The molecule has 0 aliphatic rings. The summed E-state index contributed by atoms with van der Waals surface area (Å²) >= 11 is 0. The summed E-state index contributed by atoms with van der Waals surface area (Å²) in [5, 5.41) is 24.8. The summed E-state index contributed by atoms with van der Waals surface area (Å²) < 4.78 is 63.5. The van der Waals surface area contributed by atoms with Crippen LogP contribution in [-0.2, 0) is 40.0 Å². The van der Waals surface area contributed by atoms with E-state index in [2.05, 4.69) is 31.3 Å². The predicted molar refractivity (Wildman–Crippen MR) is 195 cm³/mol. The van der Waals surface area contributed by atoms with E-state index < -0.39 is 77.0 Å². The summed E-state index contributed by atoms with van der Waals surface area (Å²) in [5.41, 5.74) is 24.9. The van der Waals surface area contributed by atoms with Crippen molar-refractivity contribution >= 4 is 53.4 Å². The van der Waals surface area contributed by atoms with Crippen LogP contribution in [0.15, 0.2) is 40.3 Å². The molecule has 16 N–H and O–H groups in total. The van der Waals surface area contributed by atoms with E-state index in [9.17, 15) is 50.3 Å². The molecule has 5 amide bonds. The van der Waals surface area contributed by atoms with Crippen molar-refractivity contribution in [1.82, 2.24) is 21.3 Å². The van der Waals surface area contributed by atoms with Crippen molar-refractivity contribution in [3.63, 3.8) is 0 Å². The highest BCUT2D eigenvalue weighted by molar-refractivity contribution is 5.97. The molecule has 3 atom stereocenters. The number of hydrogen-bond acceptors (Lipinski definition) is 9. The number of halogens is 6. The van der Waals surface area contributed by atoms with Gasteiger partial charge in [0.2, 0.25) is 29.5 Å². The van der Waals surface area contributed by atoms with E-state index in [4.69, 9.17) is 48.5 Å². The topological polar surface area (TPSA) is 363 Å². The van der Waals surface area contributed by atoms with Crippen LogP contribution < -0.4 is 49.9 Å². The third kappa shape index (κ3) is 23.5. The van der Waals surface area contributed by atoms with Gasteiger partial charge in [0.1, 0.15) is 23.2 Å². The average Bonchev–Trinajstić information content (AvgIpc) is 3.06. The Balaban J connectivity index is 0. The number of nitrogens with zero attached hydrogens (tertiary/aromatic N) is 2. The normalized spacial score (nSPS) is 13.1. The fourth-order valence-corrected chi connectivity index (χ4v) is 4.14. The Bertz CT molecular complexity index is 1590. The summed E-state index contributed by atoms with van der Waals surface area (Å²) in [7, 11) is 0. The highest BCUT2D eigenvalue weighted by atomic mass is 19.4. The lowest BCUT2D eigenvalue weighted by molar-refractivity contribution is -0.193. The van der Waals surface area contributed by atoms with Crippen LogP contribution in [0, 0.1) is 0 Å². The van der Waals surface area contributed by atoms with E-state index in [1.54, 1.807) is 24.3 Å².